The molecule has 1 saturated carbocycles. The van der Waals surface area contributed by atoms with E-state index in [9.17, 15) is 14.7 Å². The Hall–Kier alpha value is -3.66. The second-order valence-electron chi connectivity index (χ2n) is 14.3. The predicted molar refractivity (Wildman–Crippen MR) is 177 cm³/mol. The van der Waals surface area contributed by atoms with E-state index in [0.717, 1.165) is 35.1 Å². The van der Waals surface area contributed by atoms with Crippen LogP contribution in [0, 0.1) is 22.7 Å². The summed E-state index contributed by atoms with van der Waals surface area (Å²) in [6, 6.07) is 0. The third kappa shape index (κ3) is 8.34. The van der Waals surface area contributed by atoms with Gasteiger partial charge in [0.25, 0.3) is 0 Å². The van der Waals surface area contributed by atoms with E-state index in [0.29, 0.717) is 24.2 Å². The lowest BCUT2D eigenvalue weighted by Gasteiger charge is -2.44. The number of cyclic esters (lactones) is 1. The molecule has 0 aromatic rings. The standard InChI is InChI=1S/C39H48O6/c1-25(16-17-33-27(3)19-31(43-28(4)40)24-37(33,5)6)14-12-10-11-13-15-26(2)18-30-20-32(36(42)44-30)34-21-35-38(7,8)22-29(41)23-39(35,9)45-34/h10-15,18,20-21,29,31,34,41H,19,22-24H2,1-9H3. The molecule has 6 heteroatoms. The van der Waals surface area contributed by atoms with Gasteiger partial charge in [0, 0.05) is 30.8 Å². The molecule has 1 N–H and O–H groups in total. The van der Waals surface area contributed by atoms with Gasteiger partial charge in [-0.2, -0.15) is 0 Å². The highest BCUT2D eigenvalue weighted by atomic mass is 16.6. The van der Waals surface area contributed by atoms with Crippen molar-refractivity contribution >= 4 is 11.9 Å². The first kappa shape index (κ1) is 34.2. The third-order valence-electron chi connectivity index (χ3n) is 8.93. The Morgan fingerprint density at radius 2 is 1.69 bits per heavy atom. The van der Waals surface area contributed by atoms with Crippen LogP contribution in [0.15, 0.2) is 93.9 Å². The van der Waals surface area contributed by atoms with Crippen LogP contribution in [0.2, 0.25) is 0 Å². The van der Waals surface area contributed by atoms with Gasteiger partial charge in [-0.05, 0) is 80.9 Å². The molecule has 0 saturated heterocycles. The molecule has 4 aliphatic rings. The van der Waals surface area contributed by atoms with E-state index >= 15 is 0 Å². The SMILES string of the molecule is CC(=O)OC1CC(C)=C(C#CC(C)=CC=CC=CC=C(C)C=C2C=C(C3C=C4C(C)(C)CC(O)CC4(C)O3)C(=O)O2)C(C)(C)C1. The smallest absolute Gasteiger partial charge is 0.342 e. The lowest BCUT2D eigenvalue weighted by molar-refractivity contribution is -0.147. The average Bonchev–Trinajstić information content (AvgIpc) is 3.43. The van der Waals surface area contributed by atoms with E-state index in [4.69, 9.17) is 14.2 Å². The molecule has 0 spiro atoms. The van der Waals surface area contributed by atoms with E-state index in [-0.39, 0.29) is 22.9 Å². The summed E-state index contributed by atoms with van der Waals surface area (Å²) in [6.45, 7) is 18.0. The molecule has 4 atom stereocenters. The molecule has 0 amide bonds. The van der Waals surface area contributed by atoms with Crippen molar-refractivity contribution in [1.82, 2.24) is 0 Å². The predicted octanol–water partition coefficient (Wildman–Crippen LogP) is 7.69. The molecule has 45 heavy (non-hydrogen) atoms. The Kier molecular flexibility index (Phi) is 10.2. The number of fused-ring (bicyclic) bond motifs is 1. The summed E-state index contributed by atoms with van der Waals surface area (Å²) in [7, 11) is 0. The minimum absolute atomic E-state index is 0.0905. The zero-order valence-electron chi connectivity index (χ0n) is 28.2. The van der Waals surface area contributed by atoms with E-state index in [1.165, 1.54) is 12.5 Å². The van der Waals surface area contributed by atoms with Crippen LogP contribution >= 0.6 is 0 Å². The second kappa shape index (κ2) is 13.4. The molecule has 2 heterocycles. The molecule has 4 unspecified atom stereocenters. The lowest BCUT2D eigenvalue weighted by Crippen LogP contribution is -2.45. The molecule has 0 aromatic heterocycles. The molecule has 4 rings (SSSR count). The fraction of sp³-hybridized carbons (Fsp3) is 0.487. The molecular weight excluding hydrogens is 564 g/mol. The van der Waals surface area contributed by atoms with Crippen molar-refractivity contribution < 1.29 is 28.9 Å². The number of rotatable bonds is 6. The van der Waals surface area contributed by atoms with E-state index in [1.807, 2.05) is 69.4 Å². The largest absolute Gasteiger partial charge is 0.462 e. The van der Waals surface area contributed by atoms with Gasteiger partial charge in [-0.25, -0.2) is 4.79 Å². The van der Waals surface area contributed by atoms with Gasteiger partial charge >= 0.3 is 11.9 Å². The molecule has 240 valence electrons. The highest BCUT2D eigenvalue weighted by Gasteiger charge is 2.52. The monoisotopic (exact) mass is 612 g/mol. The molecule has 0 radical (unpaired) electrons. The topological polar surface area (TPSA) is 82.1 Å². The van der Waals surface area contributed by atoms with Gasteiger partial charge in [-0.1, -0.05) is 81.6 Å². The van der Waals surface area contributed by atoms with Crippen LogP contribution in [-0.2, 0) is 23.8 Å². The Bertz CT molecular complexity index is 1540. The maximum Gasteiger partial charge on any atom is 0.342 e. The number of esters is 2. The van der Waals surface area contributed by atoms with Crippen molar-refractivity contribution in [3.63, 3.8) is 0 Å². The number of ether oxygens (including phenoxy) is 3. The van der Waals surface area contributed by atoms with Crippen molar-refractivity contribution in [1.29, 1.82) is 0 Å². The summed E-state index contributed by atoms with van der Waals surface area (Å²) < 4.78 is 17.4. The Morgan fingerprint density at radius 1 is 1.00 bits per heavy atom. The lowest BCUT2D eigenvalue weighted by atomic mass is 9.65. The third-order valence-corrected chi connectivity index (χ3v) is 8.93. The van der Waals surface area contributed by atoms with Gasteiger partial charge in [0.2, 0.25) is 0 Å². The molecule has 0 bridgehead atoms. The summed E-state index contributed by atoms with van der Waals surface area (Å²) in [5.74, 6) is 6.49. The minimum Gasteiger partial charge on any atom is -0.462 e. The van der Waals surface area contributed by atoms with Gasteiger partial charge in [0.1, 0.15) is 18.0 Å². The van der Waals surface area contributed by atoms with E-state index < -0.39 is 23.8 Å². The zero-order valence-corrected chi connectivity index (χ0v) is 28.2. The van der Waals surface area contributed by atoms with Crippen molar-refractivity contribution in [2.45, 2.75) is 112 Å². The Morgan fingerprint density at radius 3 is 2.36 bits per heavy atom. The molecule has 2 aliphatic heterocycles. The summed E-state index contributed by atoms with van der Waals surface area (Å²) in [4.78, 5) is 24.1. The highest BCUT2D eigenvalue weighted by molar-refractivity contribution is 5.94. The van der Waals surface area contributed by atoms with Gasteiger partial charge in [-0.15, -0.1) is 0 Å². The van der Waals surface area contributed by atoms with Crippen LogP contribution in [0.25, 0.3) is 0 Å². The highest BCUT2D eigenvalue weighted by Crippen LogP contribution is 2.52. The summed E-state index contributed by atoms with van der Waals surface area (Å²) in [5.41, 5.74) is 4.86. The fourth-order valence-electron chi connectivity index (χ4n) is 7.23. The Labute approximate surface area is 269 Å². The van der Waals surface area contributed by atoms with Crippen LogP contribution in [0.3, 0.4) is 0 Å². The van der Waals surface area contributed by atoms with E-state index in [1.54, 1.807) is 6.08 Å². The van der Waals surface area contributed by atoms with Crippen molar-refractivity contribution in [3.8, 4) is 11.8 Å². The van der Waals surface area contributed by atoms with Crippen LogP contribution in [0.4, 0.5) is 0 Å². The van der Waals surface area contributed by atoms with Gasteiger partial charge in [0.15, 0.2) is 0 Å². The normalized spacial score (nSPS) is 30.7. The summed E-state index contributed by atoms with van der Waals surface area (Å²) in [5, 5.41) is 10.4. The number of aliphatic hydroxyl groups is 1. The first-order valence-corrected chi connectivity index (χ1v) is 15.8. The minimum atomic E-state index is -0.589. The van der Waals surface area contributed by atoms with Crippen LogP contribution in [-0.4, -0.2) is 41.0 Å². The second-order valence-corrected chi connectivity index (χ2v) is 14.3. The number of allylic oxidation sites excluding steroid dienone is 11. The number of hydrogen-bond acceptors (Lipinski definition) is 6. The zero-order chi connectivity index (χ0) is 33.2. The molecule has 2 aliphatic carbocycles. The number of carbonyl (C=O) groups is 2. The van der Waals surface area contributed by atoms with Crippen molar-refractivity contribution in [2.75, 3.05) is 0 Å². The maximum atomic E-state index is 12.7. The molecule has 0 aromatic carbocycles. The quantitative estimate of drug-likeness (QED) is 0.143. The molecule has 1 fully saturated rings. The Balaban J connectivity index is 1.35. The van der Waals surface area contributed by atoms with Gasteiger partial charge in [0.05, 0.1) is 17.3 Å². The molecule has 6 nitrogen and oxygen atoms in total. The molecular formula is C39H48O6. The van der Waals surface area contributed by atoms with Crippen LogP contribution < -0.4 is 0 Å². The first-order chi connectivity index (χ1) is 21.0. The maximum absolute atomic E-state index is 12.7. The van der Waals surface area contributed by atoms with Crippen molar-refractivity contribution in [3.05, 3.63) is 93.9 Å². The number of carbonyl (C=O) groups excluding carboxylic acids is 2. The van der Waals surface area contributed by atoms with Gasteiger partial charge in [-0.3, -0.25) is 4.79 Å². The summed E-state index contributed by atoms with van der Waals surface area (Å²) >= 11 is 0. The fourth-order valence-corrected chi connectivity index (χ4v) is 7.23. The van der Waals surface area contributed by atoms with E-state index in [2.05, 4.69) is 46.5 Å². The van der Waals surface area contributed by atoms with Crippen LogP contribution in [0.1, 0.15) is 88.0 Å². The van der Waals surface area contributed by atoms with Crippen molar-refractivity contribution in [2.24, 2.45) is 10.8 Å². The van der Waals surface area contributed by atoms with Crippen LogP contribution in [0.5, 0.6) is 0 Å². The summed E-state index contributed by atoms with van der Waals surface area (Å²) in [6.07, 6.45) is 19.0. The average molecular weight is 613 g/mol. The first-order valence-electron chi connectivity index (χ1n) is 15.8. The van der Waals surface area contributed by atoms with Gasteiger partial charge < -0.3 is 19.3 Å². The number of hydrogen-bond donors (Lipinski definition) is 1. The number of aliphatic hydroxyl groups excluding tert-OH is 1.